The number of likely N-dealkylation sites (tertiary alicyclic amines) is 1. The number of rotatable bonds is 3. The summed E-state index contributed by atoms with van der Waals surface area (Å²) in [7, 11) is 0. The number of hydrogen-bond donors (Lipinski definition) is 1. The molecule has 2 heterocycles. The fourth-order valence-corrected chi connectivity index (χ4v) is 2.05. The smallest absolute Gasteiger partial charge is 0.320 e. The molecule has 1 aliphatic rings. The maximum Gasteiger partial charge on any atom is 0.320 e. The Bertz CT molecular complexity index is 358. The summed E-state index contributed by atoms with van der Waals surface area (Å²) in [6.07, 6.45) is 3.35. The van der Waals surface area contributed by atoms with Gasteiger partial charge in [-0.1, -0.05) is 0 Å². The maximum absolute atomic E-state index is 11.0. The molecule has 15 heavy (non-hydrogen) atoms. The van der Waals surface area contributed by atoms with Gasteiger partial charge in [0.25, 0.3) is 0 Å². The van der Waals surface area contributed by atoms with Crippen molar-refractivity contribution in [3.8, 4) is 0 Å². The van der Waals surface area contributed by atoms with E-state index in [-0.39, 0.29) is 6.04 Å². The minimum absolute atomic E-state index is 0.338. The largest absolute Gasteiger partial charge is 0.480 e. The molecule has 82 valence electrons. The summed E-state index contributed by atoms with van der Waals surface area (Å²) in [5.41, 5.74) is 1.09. The number of carboxylic acids is 1. The SMILES string of the molecule is Cc1ccoc1CN1CCCC1C(=O)O. The molecule has 4 nitrogen and oxygen atoms in total. The Balaban J connectivity index is 2.06. The van der Waals surface area contributed by atoms with Gasteiger partial charge in [0.15, 0.2) is 0 Å². The van der Waals surface area contributed by atoms with Crippen molar-refractivity contribution in [3.05, 3.63) is 23.7 Å². The lowest BCUT2D eigenvalue weighted by atomic mass is 10.2. The minimum atomic E-state index is -0.725. The van der Waals surface area contributed by atoms with Gasteiger partial charge in [0.05, 0.1) is 12.8 Å². The highest BCUT2D eigenvalue weighted by molar-refractivity contribution is 5.73. The molecule has 0 bridgehead atoms. The van der Waals surface area contributed by atoms with E-state index >= 15 is 0 Å². The highest BCUT2D eigenvalue weighted by Gasteiger charge is 2.30. The lowest BCUT2D eigenvalue weighted by molar-refractivity contribution is -0.142. The number of aryl methyl sites for hydroxylation is 1. The van der Waals surface area contributed by atoms with E-state index in [0.717, 1.165) is 30.7 Å². The van der Waals surface area contributed by atoms with Gasteiger partial charge in [-0.25, -0.2) is 0 Å². The van der Waals surface area contributed by atoms with Gasteiger partial charge in [0.2, 0.25) is 0 Å². The highest BCUT2D eigenvalue weighted by atomic mass is 16.4. The van der Waals surface area contributed by atoms with Crippen molar-refractivity contribution in [3.63, 3.8) is 0 Å². The lowest BCUT2D eigenvalue weighted by Gasteiger charge is -2.19. The van der Waals surface area contributed by atoms with E-state index in [2.05, 4.69) is 0 Å². The van der Waals surface area contributed by atoms with Crippen molar-refractivity contribution in [1.82, 2.24) is 4.90 Å². The summed E-state index contributed by atoms with van der Waals surface area (Å²) in [4.78, 5) is 12.9. The molecular formula is C11H15NO3. The van der Waals surface area contributed by atoms with Crippen molar-refractivity contribution in [1.29, 1.82) is 0 Å². The van der Waals surface area contributed by atoms with Crippen molar-refractivity contribution >= 4 is 5.97 Å². The molecule has 1 saturated heterocycles. The monoisotopic (exact) mass is 209 g/mol. The zero-order chi connectivity index (χ0) is 10.8. The van der Waals surface area contributed by atoms with E-state index in [1.165, 1.54) is 0 Å². The van der Waals surface area contributed by atoms with Crippen molar-refractivity contribution < 1.29 is 14.3 Å². The van der Waals surface area contributed by atoms with Crippen LogP contribution in [0.2, 0.25) is 0 Å². The van der Waals surface area contributed by atoms with E-state index in [1.54, 1.807) is 6.26 Å². The topological polar surface area (TPSA) is 53.7 Å². The van der Waals surface area contributed by atoms with Crippen LogP contribution in [0.15, 0.2) is 16.7 Å². The molecule has 0 saturated carbocycles. The zero-order valence-electron chi connectivity index (χ0n) is 8.77. The van der Waals surface area contributed by atoms with Crippen LogP contribution in [0.5, 0.6) is 0 Å². The van der Waals surface area contributed by atoms with E-state index in [0.29, 0.717) is 6.54 Å². The first-order valence-corrected chi connectivity index (χ1v) is 5.18. The Kier molecular flexibility index (Phi) is 2.77. The van der Waals surface area contributed by atoms with Crippen LogP contribution in [0.25, 0.3) is 0 Å². The van der Waals surface area contributed by atoms with E-state index in [1.807, 2.05) is 17.9 Å². The number of carbonyl (C=O) groups is 1. The fraction of sp³-hybridized carbons (Fsp3) is 0.545. The van der Waals surface area contributed by atoms with Crippen molar-refractivity contribution in [2.45, 2.75) is 32.4 Å². The van der Waals surface area contributed by atoms with Gasteiger partial charge in [-0.3, -0.25) is 9.69 Å². The summed E-state index contributed by atoms with van der Waals surface area (Å²) in [5, 5.41) is 9.01. The molecule has 1 atom stereocenters. The summed E-state index contributed by atoms with van der Waals surface area (Å²) in [6.45, 7) is 3.43. The quantitative estimate of drug-likeness (QED) is 0.822. The Morgan fingerprint density at radius 1 is 1.73 bits per heavy atom. The molecule has 0 aliphatic carbocycles. The van der Waals surface area contributed by atoms with Crippen LogP contribution in [-0.2, 0) is 11.3 Å². The Hall–Kier alpha value is -1.29. The number of furan rings is 1. The minimum Gasteiger partial charge on any atom is -0.480 e. The van der Waals surface area contributed by atoms with Crippen LogP contribution < -0.4 is 0 Å². The standard InChI is InChI=1S/C11H15NO3/c1-8-4-6-15-10(8)7-12-5-2-3-9(12)11(13)14/h4,6,9H,2-3,5,7H2,1H3,(H,13,14). The third-order valence-electron chi connectivity index (χ3n) is 2.96. The van der Waals surface area contributed by atoms with Crippen molar-refractivity contribution in [2.75, 3.05) is 6.54 Å². The van der Waals surface area contributed by atoms with Gasteiger partial charge >= 0.3 is 5.97 Å². The average molecular weight is 209 g/mol. The van der Waals surface area contributed by atoms with Crippen LogP contribution in [0.1, 0.15) is 24.2 Å². The second kappa shape index (κ2) is 4.06. The highest BCUT2D eigenvalue weighted by Crippen LogP contribution is 2.21. The molecule has 0 aromatic carbocycles. The Morgan fingerprint density at radius 3 is 3.13 bits per heavy atom. The first-order valence-electron chi connectivity index (χ1n) is 5.18. The molecular weight excluding hydrogens is 194 g/mol. The molecule has 0 spiro atoms. The van der Waals surface area contributed by atoms with Gasteiger partial charge < -0.3 is 9.52 Å². The molecule has 1 aromatic rings. The maximum atomic E-state index is 11.0. The number of carboxylic acid groups (broad SMARTS) is 1. The van der Waals surface area contributed by atoms with Crippen LogP contribution in [-0.4, -0.2) is 28.6 Å². The van der Waals surface area contributed by atoms with E-state index in [9.17, 15) is 4.79 Å². The predicted octanol–water partition coefficient (Wildman–Crippen LogP) is 1.64. The van der Waals surface area contributed by atoms with Gasteiger partial charge in [0, 0.05) is 0 Å². The summed E-state index contributed by atoms with van der Waals surface area (Å²) in [5.74, 6) is 0.153. The molecule has 1 aromatic heterocycles. The molecule has 4 heteroatoms. The normalized spacial score (nSPS) is 22.1. The molecule has 2 rings (SSSR count). The molecule has 1 unspecified atom stereocenters. The molecule has 1 fully saturated rings. The summed E-state index contributed by atoms with van der Waals surface area (Å²) < 4.78 is 5.32. The predicted molar refractivity (Wildman–Crippen MR) is 54.5 cm³/mol. The average Bonchev–Trinajstić information content (AvgIpc) is 2.77. The molecule has 1 N–H and O–H groups in total. The molecule has 0 amide bonds. The second-order valence-corrected chi connectivity index (χ2v) is 3.99. The third kappa shape index (κ3) is 2.04. The van der Waals surface area contributed by atoms with Gasteiger partial charge in [-0.2, -0.15) is 0 Å². The fourth-order valence-electron chi connectivity index (χ4n) is 2.05. The summed E-state index contributed by atoms with van der Waals surface area (Å²) in [6, 6.07) is 1.57. The number of nitrogens with zero attached hydrogens (tertiary/aromatic N) is 1. The van der Waals surface area contributed by atoms with E-state index < -0.39 is 5.97 Å². The zero-order valence-corrected chi connectivity index (χ0v) is 8.77. The second-order valence-electron chi connectivity index (χ2n) is 3.99. The molecule has 1 aliphatic heterocycles. The Labute approximate surface area is 88.5 Å². The van der Waals surface area contributed by atoms with Crippen molar-refractivity contribution in [2.24, 2.45) is 0 Å². The third-order valence-corrected chi connectivity index (χ3v) is 2.96. The molecule has 0 radical (unpaired) electrons. The summed E-state index contributed by atoms with van der Waals surface area (Å²) >= 11 is 0. The van der Waals surface area contributed by atoms with Gasteiger partial charge in [-0.05, 0) is 37.9 Å². The van der Waals surface area contributed by atoms with Gasteiger partial charge in [0.1, 0.15) is 11.8 Å². The first kappa shape index (κ1) is 10.2. The lowest BCUT2D eigenvalue weighted by Crippen LogP contribution is -2.35. The van der Waals surface area contributed by atoms with Gasteiger partial charge in [-0.15, -0.1) is 0 Å². The van der Waals surface area contributed by atoms with E-state index in [4.69, 9.17) is 9.52 Å². The van der Waals surface area contributed by atoms with Crippen LogP contribution in [0, 0.1) is 6.92 Å². The van der Waals surface area contributed by atoms with Crippen LogP contribution >= 0.6 is 0 Å². The van der Waals surface area contributed by atoms with Crippen LogP contribution in [0.3, 0.4) is 0 Å². The Morgan fingerprint density at radius 2 is 2.53 bits per heavy atom. The van der Waals surface area contributed by atoms with Crippen LogP contribution in [0.4, 0.5) is 0 Å². The number of hydrogen-bond acceptors (Lipinski definition) is 3. The number of aliphatic carboxylic acids is 1. The first-order chi connectivity index (χ1) is 7.18.